The average molecular weight is 284 g/mol. The molecule has 0 aromatic heterocycles. The highest BCUT2D eigenvalue weighted by Crippen LogP contribution is 2.17. The number of hydrogen-bond acceptors (Lipinski definition) is 3. The molecule has 0 bridgehead atoms. The molecule has 1 aliphatic heterocycles. The Morgan fingerprint density at radius 1 is 1.58 bits per heavy atom. The maximum atomic E-state index is 11.3. The number of ether oxygens (including phenoxy) is 2. The first-order valence-electron chi connectivity index (χ1n) is 4.12. The molecule has 1 atom stereocenters. The van der Waals surface area contributed by atoms with Gasteiger partial charge in [0.15, 0.2) is 0 Å². The zero-order chi connectivity index (χ0) is 8.97. The molecule has 1 heterocycles. The van der Waals surface area contributed by atoms with Gasteiger partial charge in [0.2, 0.25) is 0 Å². The van der Waals surface area contributed by atoms with Crippen LogP contribution in [0, 0.1) is 5.92 Å². The van der Waals surface area contributed by atoms with Gasteiger partial charge in [-0.25, -0.2) is 0 Å². The molecule has 1 unspecified atom stereocenters. The number of alkyl halides is 1. The molecule has 1 saturated heterocycles. The Bertz CT molecular complexity index is 152. The van der Waals surface area contributed by atoms with E-state index in [2.05, 4.69) is 22.6 Å². The zero-order valence-corrected chi connectivity index (χ0v) is 9.24. The van der Waals surface area contributed by atoms with E-state index in [9.17, 15) is 4.79 Å². The second-order valence-corrected chi connectivity index (χ2v) is 4.62. The summed E-state index contributed by atoms with van der Waals surface area (Å²) in [6.45, 7) is 3.24. The van der Waals surface area contributed by atoms with Crippen LogP contribution in [-0.2, 0) is 14.3 Å². The maximum absolute atomic E-state index is 11.3. The summed E-state index contributed by atoms with van der Waals surface area (Å²) in [5.74, 6) is -0.00355. The summed E-state index contributed by atoms with van der Waals surface area (Å²) in [6, 6.07) is 0. The molecule has 0 spiro atoms. The molecule has 3 nitrogen and oxygen atoms in total. The fraction of sp³-hybridized carbons (Fsp3) is 0.875. The van der Waals surface area contributed by atoms with Crippen molar-refractivity contribution in [2.75, 3.05) is 13.2 Å². The van der Waals surface area contributed by atoms with Crippen molar-refractivity contribution in [3.05, 3.63) is 0 Å². The van der Waals surface area contributed by atoms with E-state index in [4.69, 9.17) is 9.47 Å². The van der Waals surface area contributed by atoms with E-state index in [0.717, 1.165) is 12.8 Å². The third-order valence-corrected chi connectivity index (χ3v) is 2.09. The molecule has 1 fully saturated rings. The summed E-state index contributed by atoms with van der Waals surface area (Å²) in [4.78, 5) is 11.3. The molecular weight excluding hydrogens is 271 g/mol. The van der Waals surface area contributed by atoms with Crippen molar-refractivity contribution in [2.24, 2.45) is 5.92 Å². The fourth-order valence-corrected chi connectivity index (χ4v) is 1.44. The molecule has 0 amide bonds. The van der Waals surface area contributed by atoms with Crippen molar-refractivity contribution in [1.82, 2.24) is 0 Å². The average Bonchev–Trinajstić information content (AvgIpc) is 2.05. The molecule has 1 rings (SSSR count). The minimum absolute atomic E-state index is 0.0297. The highest BCUT2D eigenvalue weighted by atomic mass is 127. The molecule has 1 aliphatic rings. The summed E-state index contributed by atoms with van der Waals surface area (Å²) in [7, 11) is 0. The van der Waals surface area contributed by atoms with Gasteiger partial charge in [-0.1, -0.05) is 0 Å². The topological polar surface area (TPSA) is 35.5 Å². The fourth-order valence-electron chi connectivity index (χ4n) is 1.19. The molecule has 4 heteroatoms. The summed E-state index contributed by atoms with van der Waals surface area (Å²) >= 11 is 2.08. The van der Waals surface area contributed by atoms with E-state index in [1.165, 1.54) is 0 Å². The third kappa shape index (κ3) is 3.26. The lowest BCUT2D eigenvalue weighted by Gasteiger charge is -2.21. The van der Waals surface area contributed by atoms with E-state index < -0.39 is 0 Å². The zero-order valence-electron chi connectivity index (χ0n) is 7.09. The second-order valence-electron chi connectivity index (χ2n) is 2.87. The lowest BCUT2D eigenvalue weighted by Crippen LogP contribution is -2.26. The van der Waals surface area contributed by atoms with Gasteiger partial charge in [0.05, 0.1) is 5.92 Å². The molecule has 0 aliphatic carbocycles. The van der Waals surface area contributed by atoms with Crippen LogP contribution < -0.4 is 0 Å². The van der Waals surface area contributed by atoms with Crippen LogP contribution in [0.4, 0.5) is 0 Å². The lowest BCUT2D eigenvalue weighted by atomic mass is 10.0. The highest BCUT2D eigenvalue weighted by molar-refractivity contribution is 14.1. The van der Waals surface area contributed by atoms with Gasteiger partial charge in [-0.3, -0.25) is 4.79 Å². The van der Waals surface area contributed by atoms with Gasteiger partial charge in [-0.05, 0) is 42.4 Å². The summed E-state index contributed by atoms with van der Waals surface area (Å²) in [6.07, 6.45) is 1.62. The smallest absolute Gasteiger partial charge is 0.310 e. The Labute approximate surface area is 85.9 Å². The monoisotopic (exact) mass is 284 g/mol. The standard InChI is InChI=1S/C8H13IO3/c1-6(9)12-8(10)7-2-4-11-5-3-7/h6-7H,2-5H2,1H3. The van der Waals surface area contributed by atoms with Crippen LogP contribution in [0.2, 0.25) is 0 Å². The summed E-state index contributed by atoms with van der Waals surface area (Å²) in [5.41, 5.74) is 0. The maximum Gasteiger partial charge on any atom is 0.310 e. The molecule has 0 N–H and O–H groups in total. The predicted octanol–water partition coefficient (Wildman–Crippen LogP) is 1.74. The number of halogens is 1. The Morgan fingerprint density at radius 2 is 2.17 bits per heavy atom. The molecule has 0 aromatic rings. The lowest BCUT2D eigenvalue weighted by molar-refractivity contribution is -0.151. The van der Waals surface area contributed by atoms with E-state index in [-0.39, 0.29) is 16.0 Å². The molecule has 70 valence electrons. The van der Waals surface area contributed by atoms with E-state index >= 15 is 0 Å². The van der Waals surface area contributed by atoms with Gasteiger partial charge >= 0.3 is 5.97 Å². The van der Waals surface area contributed by atoms with E-state index in [1.807, 2.05) is 6.92 Å². The third-order valence-electron chi connectivity index (χ3n) is 1.83. The van der Waals surface area contributed by atoms with E-state index in [1.54, 1.807) is 0 Å². The van der Waals surface area contributed by atoms with Crippen molar-refractivity contribution in [3.63, 3.8) is 0 Å². The largest absolute Gasteiger partial charge is 0.452 e. The van der Waals surface area contributed by atoms with Gasteiger partial charge in [0, 0.05) is 13.2 Å². The van der Waals surface area contributed by atoms with Crippen LogP contribution in [0.15, 0.2) is 0 Å². The van der Waals surface area contributed by atoms with Crippen LogP contribution in [0.25, 0.3) is 0 Å². The van der Waals surface area contributed by atoms with Gasteiger partial charge < -0.3 is 9.47 Å². The molecule has 0 radical (unpaired) electrons. The molecule has 0 aromatic carbocycles. The first-order valence-corrected chi connectivity index (χ1v) is 5.37. The molecular formula is C8H13IO3. The van der Waals surface area contributed by atoms with E-state index in [0.29, 0.717) is 13.2 Å². The van der Waals surface area contributed by atoms with Crippen molar-refractivity contribution in [3.8, 4) is 0 Å². The number of carbonyl (C=O) groups excluding carboxylic acids is 1. The predicted molar refractivity (Wildman–Crippen MR) is 53.1 cm³/mol. The van der Waals surface area contributed by atoms with Crippen LogP contribution in [0.1, 0.15) is 19.8 Å². The van der Waals surface area contributed by atoms with Crippen LogP contribution in [0.3, 0.4) is 0 Å². The number of rotatable bonds is 2. The normalized spacial score (nSPS) is 21.8. The van der Waals surface area contributed by atoms with Crippen molar-refractivity contribution < 1.29 is 14.3 Å². The SMILES string of the molecule is CC(I)OC(=O)C1CCOCC1. The van der Waals surface area contributed by atoms with Gasteiger partial charge in [0.1, 0.15) is 4.11 Å². The highest BCUT2D eigenvalue weighted by Gasteiger charge is 2.23. The Balaban J connectivity index is 2.30. The number of hydrogen-bond donors (Lipinski definition) is 0. The number of carbonyl (C=O) groups is 1. The van der Waals surface area contributed by atoms with Gasteiger partial charge in [-0.2, -0.15) is 0 Å². The van der Waals surface area contributed by atoms with Crippen LogP contribution in [-0.4, -0.2) is 23.3 Å². The Hall–Kier alpha value is 0.160. The van der Waals surface area contributed by atoms with Gasteiger partial charge in [-0.15, -0.1) is 0 Å². The van der Waals surface area contributed by atoms with Crippen LogP contribution in [0.5, 0.6) is 0 Å². The minimum Gasteiger partial charge on any atom is -0.452 e. The minimum atomic E-state index is -0.0693. The summed E-state index contributed by atoms with van der Waals surface area (Å²) < 4.78 is 10.2. The van der Waals surface area contributed by atoms with Crippen LogP contribution >= 0.6 is 22.6 Å². The van der Waals surface area contributed by atoms with Crippen molar-refractivity contribution >= 4 is 28.6 Å². The summed E-state index contributed by atoms with van der Waals surface area (Å²) in [5, 5.41) is 0. The van der Waals surface area contributed by atoms with Crippen molar-refractivity contribution in [2.45, 2.75) is 23.9 Å². The Kier molecular flexibility index (Phi) is 4.28. The first kappa shape index (κ1) is 10.2. The number of esters is 1. The first-order chi connectivity index (χ1) is 5.70. The Morgan fingerprint density at radius 3 is 2.67 bits per heavy atom. The molecule has 0 saturated carbocycles. The quantitative estimate of drug-likeness (QED) is 0.440. The molecule has 12 heavy (non-hydrogen) atoms. The second kappa shape index (κ2) is 5.01. The van der Waals surface area contributed by atoms with Gasteiger partial charge in [0.25, 0.3) is 0 Å². The van der Waals surface area contributed by atoms with Crippen molar-refractivity contribution in [1.29, 1.82) is 0 Å².